The van der Waals surface area contributed by atoms with Gasteiger partial charge in [0, 0.05) is 23.9 Å². The number of methoxy groups -OCH3 is 1. The average Bonchev–Trinajstić information content (AvgIpc) is 2.85. The van der Waals surface area contributed by atoms with E-state index in [4.69, 9.17) is 14.2 Å². The number of halogens is 6. The Bertz CT molecular complexity index is 1330. The monoisotopic (exact) mass is 557 g/mol. The Morgan fingerprint density at radius 2 is 1.51 bits per heavy atom. The first-order chi connectivity index (χ1) is 18.0. The van der Waals surface area contributed by atoms with Gasteiger partial charge in [0.1, 0.15) is 18.1 Å². The zero-order chi connectivity index (χ0) is 29.2. The van der Waals surface area contributed by atoms with Crippen molar-refractivity contribution in [1.29, 1.82) is 0 Å². The van der Waals surface area contributed by atoms with Gasteiger partial charge in [-0.1, -0.05) is 0 Å². The third-order valence-electron chi connectivity index (χ3n) is 5.35. The van der Waals surface area contributed by atoms with Crippen LogP contribution in [-0.2, 0) is 23.8 Å². The second kappa shape index (κ2) is 10.8. The summed E-state index contributed by atoms with van der Waals surface area (Å²) in [6, 6.07) is 7.73. The summed E-state index contributed by atoms with van der Waals surface area (Å²) in [5.74, 6) is -1.84. The number of aromatic nitrogens is 1. The Hall–Kier alpha value is -4.29. The van der Waals surface area contributed by atoms with E-state index in [0.717, 1.165) is 6.20 Å². The summed E-state index contributed by atoms with van der Waals surface area (Å²) in [5, 5.41) is 9.37. The number of pyridine rings is 1. The zero-order valence-electron chi connectivity index (χ0n) is 20.6. The van der Waals surface area contributed by atoms with Gasteiger partial charge >= 0.3 is 18.3 Å². The molecule has 0 fully saturated rings. The van der Waals surface area contributed by atoms with Crippen LogP contribution in [0.2, 0.25) is 0 Å². The number of ketones is 1. The van der Waals surface area contributed by atoms with E-state index in [0.29, 0.717) is 17.9 Å². The molecule has 0 unspecified atom stereocenters. The van der Waals surface area contributed by atoms with Gasteiger partial charge < -0.3 is 19.3 Å². The topological polar surface area (TPSA) is 95.0 Å². The van der Waals surface area contributed by atoms with E-state index >= 15 is 0 Å². The summed E-state index contributed by atoms with van der Waals surface area (Å²) >= 11 is 0. The number of hydrogen-bond acceptors (Lipinski definition) is 6. The molecule has 7 nitrogen and oxygen atoms in total. The molecule has 0 aliphatic rings. The van der Waals surface area contributed by atoms with Gasteiger partial charge in [0.05, 0.1) is 23.8 Å². The lowest BCUT2D eigenvalue weighted by Gasteiger charge is -2.23. The molecule has 208 valence electrons. The number of rotatable bonds is 9. The van der Waals surface area contributed by atoms with Gasteiger partial charge in [0.2, 0.25) is 5.88 Å². The molecule has 0 aliphatic heterocycles. The lowest BCUT2D eigenvalue weighted by Crippen LogP contribution is -2.38. The van der Waals surface area contributed by atoms with Crippen LogP contribution in [0.4, 0.5) is 26.3 Å². The Balaban J connectivity index is 1.82. The fraction of sp³-hybridized carbons (Fsp3) is 0.269. The molecule has 2 aromatic carbocycles. The van der Waals surface area contributed by atoms with Crippen molar-refractivity contribution < 1.29 is 55.2 Å². The van der Waals surface area contributed by atoms with Crippen molar-refractivity contribution in [3.05, 3.63) is 82.5 Å². The number of carboxylic acid groups (broad SMARTS) is 1. The maximum atomic E-state index is 13.1. The molecule has 0 radical (unpaired) electrons. The molecule has 0 atom stereocenters. The van der Waals surface area contributed by atoms with Crippen molar-refractivity contribution in [2.45, 2.75) is 38.4 Å². The van der Waals surface area contributed by atoms with Crippen molar-refractivity contribution in [3.63, 3.8) is 0 Å². The lowest BCUT2D eigenvalue weighted by molar-refractivity contribution is -0.152. The first-order valence-corrected chi connectivity index (χ1v) is 11.0. The van der Waals surface area contributed by atoms with Crippen LogP contribution in [0.3, 0.4) is 0 Å². The number of nitrogens with zero attached hydrogens (tertiary/aromatic N) is 1. The van der Waals surface area contributed by atoms with Gasteiger partial charge in [-0.2, -0.15) is 26.3 Å². The highest BCUT2D eigenvalue weighted by Crippen LogP contribution is 2.36. The van der Waals surface area contributed by atoms with Crippen LogP contribution in [0, 0.1) is 0 Å². The smallest absolute Gasteiger partial charge is 0.416 e. The average molecular weight is 557 g/mol. The van der Waals surface area contributed by atoms with Crippen molar-refractivity contribution in [2.24, 2.45) is 0 Å². The molecule has 39 heavy (non-hydrogen) atoms. The minimum Gasteiger partial charge on any atom is -0.497 e. The predicted octanol–water partition coefficient (Wildman–Crippen LogP) is 6.18. The molecule has 0 saturated carbocycles. The Kier molecular flexibility index (Phi) is 8.13. The number of carbonyl (C=O) groups is 2. The fourth-order valence-electron chi connectivity index (χ4n) is 3.24. The normalized spacial score (nSPS) is 12.1. The fourth-order valence-corrected chi connectivity index (χ4v) is 3.24. The highest BCUT2D eigenvalue weighted by atomic mass is 19.4. The third kappa shape index (κ3) is 7.18. The van der Waals surface area contributed by atoms with E-state index in [1.54, 1.807) is 0 Å². The summed E-state index contributed by atoms with van der Waals surface area (Å²) in [7, 11) is 1.37. The highest BCUT2D eigenvalue weighted by molar-refractivity contribution is 6.10. The Morgan fingerprint density at radius 1 is 0.897 bits per heavy atom. The highest BCUT2D eigenvalue weighted by Gasteiger charge is 2.37. The standard InChI is InChI=1S/C26H21F6NO6/c1-24(2,23(35)36)39-20-11-18(37-3)5-6-19(20)22(34)15-4-7-21(33-12-15)38-13-14-8-16(25(27,28)29)10-17(9-14)26(30,31)32/h4-12H,13H2,1-3H3,(H,35,36). The molecule has 1 aromatic heterocycles. The van der Waals surface area contributed by atoms with Gasteiger partial charge in [0.25, 0.3) is 0 Å². The maximum Gasteiger partial charge on any atom is 0.416 e. The van der Waals surface area contributed by atoms with Crippen LogP contribution in [-0.4, -0.2) is 34.6 Å². The van der Waals surface area contributed by atoms with E-state index in [2.05, 4.69) is 4.98 Å². The summed E-state index contributed by atoms with van der Waals surface area (Å²) in [6.07, 6.45) is -8.92. The Morgan fingerprint density at radius 3 is 2.00 bits per heavy atom. The minimum absolute atomic E-state index is 0.00996. The molecule has 0 spiro atoms. The first kappa shape index (κ1) is 29.3. The summed E-state index contributed by atoms with van der Waals surface area (Å²) in [6.45, 7) is 1.92. The molecule has 1 N–H and O–H groups in total. The van der Waals surface area contributed by atoms with Crippen LogP contribution in [0.15, 0.2) is 54.7 Å². The molecular weight excluding hydrogens is 536 g/mol. The minimum atomic E-state index is -5.00. The lowest BCUT2D eigenvalue weighted by atomic mass is 10.0. The van der Waals surface area contributed by atoms with Gasteiger partial charge in [-0.05, 0) is 55.8 Å². The van der Waals surface area contributed by atoms with Crippen LogP contribution in [0.25, 0.3) is 0 Å². The van der Waals surface area contributed by atoms with Crippen LogP contribution in [0.1, 0.15) is 46.5 Å². The van der Waals surface area contributed by atoms with E-state index in [9.17, 15) is 41.0 Å². The van der Waals surface area contributed by atoms with Crippen molar-refractivity contribution >= 4 is 11.8 Å². The SMILES string of the molecule is COc1ccc(C(=O)c2ccc(OCc3cc(C(F)(F)F)cc(C(F)(F)F)c3)nc2)c(OC(C)(C)C(=O)O)c1. The van der Waals surface area contributed by atoms with Crippen molar-refractivity contribution in [3.8, 4) is 17.4 Å². The van der Waals surface area contributed by atoms with E-state index in [1.807, 2.05) is 0 Å². The maximum absolute atomic E-state index is 13.1. The molecule has 13 heteroatoms. The molecular formula is C26H21F6NO6. The summed E-state index contributed by atoms with van der Waals surface area (Å²) < 4.78 is 94.3. The molecule has 0 aliphatic carbocycles. The van der Waals surface area contributed by atoms with Gasteiger partial charge in [-0.25, -0.2) is 9.78 Å². The molecule has 3 aromatic rings. The van der Waals surface area contributed by atoms with E-state index < -0.39 is 47.4 Å². The number of ether oxygens (including phenoxy) is 3. The van der Waals surface area contributed by atoms with E-state index in [1.165, 1.54) is 51.3 Å². The number of carbonyl (C=O) groups excluding carboxylic acids is 1. The number of hydrogen-bond donors (Lipinski definition) is 1. The van der Waals surface area contributed by atoms with Gasteiger partial charge in [-0.15, -0.1) is 0 Å². The molecule has 0 bridgehead atoms. The summed E-state index contributed by atoms with van der Waals surface area (Å²) in [5.41, 5.74) is -5.03. The van der Waals surface area contributed by atoms with Gasteiger partial charge in [-0.3, -0.25) is 4.79 Å². The molecule has 0 amide bonds. The second-order valence-corrected chi connectivity index (χ2v) is 8.70. The number of benzene rings is 2. The van der Waals surface area contributed by atoms with Crippen LogP contribution < -0.4 is 14.2 Å². The summed E-state index contributed by atoms with van der Waals surface area (Å²) in [4.78, 5) is 28.5. The number of carboxylic acids is 1. The molecule has 0 saturated heterocycles. The predicted molar refractivity (Wildman–Crippen MR) is 124 cm³/mol. The largest absolute Gasteiger partial charge is 0.497 e. The van der Waals surface area contributed by atoms with Crippen LogP contribution >= 0.6 is 0 Å². The van der Waals surface area contributed by atoms with E-state index in [-0.39, 0.29) is 34.4 Å². The third-order valence-corrected chi connectivity index (χ3v) is 5.35. The second-order valence-electron chi connectivity index (χ2n) is 8.70. The Labute approximate surface area is 218 Å². The van der Waals surface area contributed by atoms with Crippen LogP contribution in [0.5, 0.6) is 17.4 Å². The zero-order valence-corrected chi connectivity index (χ0v) is 20.6. The first-order valence-electron chi connectivity index (χ1n) is 11.0. The quantitative estimate of drug-likeness (QED) is 0.248. The van der Waals surface area contributed by atoms with Crippen molar-refractivity contribution in [1.82, 2.24) is 4.98 Å². The molecule has 1 heterocycles. The number of aliphatic carboxylic acids is 1. The molecule has 3 rings (SSSR count). The van der Waals surface area contributed by atoms with Gasteiger partial charge in [0.15, 0.2) is 11.4 Å². The number of alkyl halides is 6. The van der Waals surface area contributed by atoms with Crippen molar-refractivity contribution in [2.75, 3.05) is 7.11 Å².